The van der Waals surface area contributed by atoms with Crippen LogP contribution in [0.1, 0.15) is 10.4 Å². The number of hydrogen-bond acceptors (Lipinski definition) is 5. The Morgan fingerprint density at radius 1 is 1.39 bits per heavy atom. The normalized spacial score (nSPS) is 20.8. The Kier molecular flexibility index (Phi) is 1.83. The molecule has 0 bridgehead atoms. The molecule has 6 nitrogen and oxygen atoms in total. The highest BCUT2D eigenvalue weighted by Gasteiger charge is 2.49. The van der Waals surface area contributed by atoms with Crippen molar-refractivity contribution in [3.8, 4) is 0 Å². The average Bonchev–Trinajstić information content (AvgIpc) is 2.67. The number of carbonyl (C=O) groups is 1. The molecule has 92 valence electrons. The number of anilines is 1. The van der Waals surface area contributed by atoms with Gasteiger partial charge in [-0.15, -0.1) is 0 Å². The third kappa shape index (κ3) is 1.23. The molecule has 0 unspecified atom stereocenters. The van der Waals surface area contributed by atoms with Gasteiger partial charge in [-0.05, 0) is 6.07 Å². The molecule has 0 radical (unpaired) electrons. The van der Waals surface area contributed by atoms with E-state index in [1.807, 2.05) is 12.3 Å². The number of hydrogen-bond donors (Lipinski definition) is 0. The zero-order chi connectivity index (χ0) is 12.2. The Morgan fingerprint density at radius 2 is 2.22 bits per heavy atom. The molecule has 0 saturated carbocycles. The van der Waals surface area contributed by atoms with Gasteiger partial charge in [-0.3, -0.25) is 4.79 Å². The predicted molar refractivity (Wildman–Crippen MR) is 63.8 cm³/mol. The van der Waals surface area contributed by atoms with E-state index in [0.29, 0.717) is 16.6 Å². The van der Waals surface area contributed by atoms with E-state index >= 15 is 0 Å². The lowest BCUT2D eigenvalue weighted by Crippen LogP contribution is -2.66. The Hall–Kier alpha value is -1.95. The Balaban J connectivity index is 1.67. The van der Waals surface area contributed by atoms with Gasteiger partial charge in [-0.1, -0.05) is 0 Å². The summed E-state index contributed by atoms with van der Waals surface area (Å²) < 4.78 is 6.87. The predicted octanol–water partition coefficient (Wildman–Crippen LogP) is 0.378. The van der Waals surface area contributed by atoms with Crippen LogP contribution >= 0.6 is 0 Å². The number of aromatic nitrogens is 3. The Bertz CT molecular complexity index is 624. The molecule has 2 fully saturated rings. The van der Waals surface area contributed by atoms with Gasteiger partial charge < -0.3 is 9.64 Å². The zero-order valence-electron chi connectivity index (χ0n) is 9.74. The summed E-state index contributed by atoms with van der Waals surface area (Å²) in [5, 5.41) is 4.07. The molecule has 0 aliphatic carbocycles. The SMILES string of the molecule is O=Cc1cnn2ccc(N3CC4(COC4)C3)nc12. The van der Waals surface area contributed by atoms with Gasteiger partial charge in [0.05, 0.1) is 30.4 Å². The summed E-state index contributed by atoms with van der Waals surface area (Å²) >= 11 is 0. The number of rotatable bonds is 2. The van der Waals surface area contributed by atoms with E-state index < -0.39 is 0 Å². The van der Waals surface area contributed by atoms with E-state index in [0.717, 1.165) is 38.4 Å². The number of fused-ring (bicyclic) bond motifs is 1. The van der Waals surface area contributed by atoms with Crippen LogP contribution in [0.25, 0.3) is 5.65 Å². The minimum Gasteiger partial charge on any atom is -0.380 e. The second kappa shape index (κ2) is 3.29. The molecule has 0 aromatic carbocycles. The van der Waals surface area contributed by atoms with Crippen molar-refractivity contribution < 1.29 is 9.53 Å². The van der Waals surface area contributed by atoms with E-state index in [9.17, 15) is 4.79 Å². The second-order valence-electron chi connectivity index (χ2n) is 5.12. The van der Waals surface area contributed by atoms with Gasteiger partial charge in [0.15, 0.2) is 11.9 Å². The third-order valence-corrected chi connectivity index (χ3v) is 3.70. The van der Waals surface area contributed by atoms with Gasteiger partial charge in [0.2, 0.25) is 0 Å². The highest BCUT2D eigenvalue weighted by atomic mass is 16.5. The molecule has 0 atom stereocenters. The van der Waals surface area contributed by atoms with Crippen LogP contribution in [0, 0.1) is 5.41 Å². The monoisotopic (exact) mass is 244 g/mol. The van der Waals surface area contributed by atoms with E-state index in [4.69, 9.17) is 4.74 Å². The molecule has 2 aromatic heterocycles. The Morgan fingerprint density at radius 3 is 2.89 bits per heavy atom. The van der Waals surface area contributed by atoms with Gasteiger partial charge in [0.1, 0.15) is 5.82 Å². The van der Waals surface area contributed by atoms with Gasteiger partial charge >= 0.3 is 0 Å². The van der Waals surface area contributed by atoms with Crippen molar-refractivity contribution in [3.63, 3.8) is 0 Å². The first-order chi connectivity index (χ1) is 8.80. The third-order valence-electron chi connectivity index (χ3n) is 3.70. The summed E-state index contributed by atoms with van der Waals surface area (Å²) in [4.78, 5) is 17.6. The average molecular weight is 244 g/mol. The summed E-state index contributed by atoms with van der Waals surface area (Å²) in [5.74, 6) is 0.906. The van der Waals surface area contributed by atoms with Crippen molar-refractivity contribution in [2.75, 3.05) is 31.2 Å². The summed E-state index contributed by atoms with van der Waals surface area (Å²) in [6, 6.07) is 1.93. The summed E-state index contributed by atoms with van der Waals surface area (Å²) in [7, 11) is 0. The number of carbonyl (C=O) groups excluding carboxylic acids is 1. The van der Waals surface area contributed by atoms with E-state index in [1.54, 1.807) is 4.52 Å². The van der Waals surface area contributed by atoms with Gasteiger partial charge in [0.25, 0.3) is 0 Å². The van der Waals surface area contributed by atoms with Crippen molar-refractivity contribution in [2.45, 2.75) is 0 Å². The molecule has 0 amide bonds. The van der Waals surface area contributed by atoms with Gasteiger partial charge in [0, 0.05) is 19.3 Å². The molecule has 2 saturated heterocycles. The van der Waals surface area contributed by atoms with Crippen molar-refractivity contribution in [1.82, 2.24) is 14.6 Å². The van der Waals surface area contributed by atoms with Crippen molar-refractivity contribution in [2.24, 2.45) is 5.41 Å². The maximum atomic E-state index is 10.9. The first kappa shape index (κ1) is 10.0. The molecule has 2 aliphatic heterocycles. The highest BCUT2D eigenvalue weighted by molar-refractivity contribution is 5.84. The largest absolute Gasteiger partial charge is 0.380 e. The van der Waals surface area contributed by atoms with Crippen LogP contribution in [-0.4, -0.2) is 47.2 Å². The van der Waals surface area contributed by atoms with Crippen LogP contribution in [-0.2, 0) is 4.74 Å². The molecule has 4 heterocycles. The molecule has 6 heteroatoms. The van der Waals surface area contributed by atoms with Crippen LogP contribution in [0.5, 0.6) is 0 Å². The maximum absolute atomic E-state index is 10.9. The molecule has 1 spiro atoms. The first-order valence-electron chi connectivity index (χ1n) is 5.92. The van der Waals surface area contributed by atoms with Crippen LogP contribution in [0.2, 0.25) is 0 Å². The van der Waals surface area contributed by atoms with Gasteiger partial charge in [-0.25, -0.2) is 9.50 Å². The van der Waals surface area contributed by atoms with Crippen LogP contribution in [0.3, 0.4) is 0 Å². The topological polar surface area (TPSA) is 59.7 Å². The quantitative estimate of drug-likeness (QED) is 0.715. The smallest absolute Gasteiger partial charge is 0.167 e. The van der Waals surface area contributed by atoms with Gasteiger partial charge in [-0.2, -0.15) is 5.10 Å². The first-order valence-corrected chi connectivity index (χ1v) is 5.92. The fourth-order valence-electron chi connectivity index (χ4n) is 2.64. The van der Waals surface area contributed by atoms with Crippen molar-refractivity contribution in [3.05, 3.63) is 24.0 Å². The standard InChI is InChI=1S/C12H12N4O2/c17-4-9-3-13-16-2-1-10(14-11(9)16)15-5-12(6-15)7-18-8-12/h1-4H,5-8H2. The van der Waals surface area contributed by atoms with E-state index in [1.165, 1.54) is 6.20 Å². The molecule has 0 N–H and O–H groups in total. The number of nitrogens with zero attached hydrogens (tertiary/aromatic N) is 4. The molecule has 4 rings (SSSR count). The molecule has 2 aliphatic rings. The number of ether oxygens (including phenoxy) is 1. The lowest BCUT2D eigenvalue weighted by molar-refractivity contribution is -0.127. The molecular weight excluding hydrogens is 232 g/mol. The fraction of sp³-hybridized carbons (Fsp3) is 0.417. The van der Waals surface area contributed by atoms with Crippen LogP contribution < -0.4 is 4.90 Å². The van der Waals surface area contributed by atoms with Crippen molar-refractivity contribution >= 4 is 17.8 Å². The minimum atomic E-state index is 0.363. The lowest BCUT2D eigenvalue weighted by atomic mass is 9.78. The number of aldehydes is 1. The molecular formula is C12H12N4O2. The Labute approximate surface area is 103 Å². The summed E-state index contributed by atoms with van der Waals surface area (Å²) in [6.07, 6.45) is 4.17. The van der Waals surface area contributed by atoms with E-state index in [2.05, 4.69) is 15.0 Å². The molecule has 18 heavy (non-hydrogen) atoms. The summed E-state index contributed by atoms with van der Waals surface area (Å²) in [5.41, 5.74) is 1.51. The molecule has 2 aromatic rings. The van der Waals surface area contributed by atoms with Crippen LogP contribution in [0.15, 0.2) is 18.5 Å². The maximum Gasteiger partial charge on any atom is 0.167 e. The zero-order valence-corrected chi connectivity index (χ0v) is 9.74. The second-order valence-corrected chi connectivity index (χ2v) is 5.12. The fourth-order valence-corrected chi connectivity index (χ4v) is 2.64. The highest BCUT2D eigenvalue weighted by Crippen LogP contribution is 2.39. The lowest BCUT2D eigenvalue weighted by Gasteiger charge is -2.55. The van der Waals surface area contributed by atoms with Crippen LogP contribution in [0.4, 0.5) is 5.82 Å². The van der Waals surface area contributed by atoms with Crippen molar-refractivity contribution in [1.29, 1.82) is 0 Å². The summed E-state index contributed by atoms with van der Waals surface area (Å²) in [6.45, 7) is 3.69. The minimum absolute atomic E-state index is 0.363. The van der Waals surface area contributed by atoms with E-state index in [-0.39, 0.29) is 0 Å².